The summed E-state index contributed by atoms with van der Waals surface area (Å²) in [6, 6.07) is 0. The number of allylic oxidation sites excluding steroid dienone is 1. The maximum atomic E-state index is 11.1. The molecule has 0 aromatic heterocycles. The number of carbonyl (C=O) groups is 1. The van der Waals surface area contributed by atoms with Crippen molar-refractivity contribution in [2.45, 2.75) is 20.3 Å². The van der Waals surface area contributed by atoms with E-state index in [4.69, 9.17) is 12.2 Å². The van der Waals surface area contributed by atoms with Crippen LogP contribution in [0.15, 0.2) is 10.5 Å². The highest BCUT2D eigenvalue weighted by Crippen LogP contribution is 2.27. The molecular formula is C7H9NOS2. The number of hydrogen-bond donors (Lipinski definition) is 1. The summed E-state index contributed by atoms with van der Waals surface area (Å²) in [7, 11) is 0. The Morgan fingerprint density at radius 2 is 2.36 bits per heavy atom. The van der Waals surface area contributed by atoms with Gasteiger partial charge in [0.05, 0.1) is 4.91 Å². The minimum Gasteiger partial charge on any atom is -0.307 e. The highest BCUT2D eigenvalue weighted by molar-refractivity contribution is 8.26. The van der Waals surface area contributed by atoms with Gasteiger partial charge in [-0.15, -0.1) is 0 Å². The number of thioether (sulfide) groups is 1. The molecule has 1 heterocycles. The second-order valence-electron chi connectivity index (χ2n) is 2.31. The molecule has 0 atom stereocenters. The highest BCUT2D eigenvalue weighted by atomic mass is 32.2. The first-order valence-corrected chi connectivity index (χ1v) is 4.60. The van der Waals surface area contributed by atoms with Crippen molar-refractivity contribution in [1.82, 2.24) is 5.32 Å². The van der Waals surface area contributed by atoms with E-state index in [-0.39, 0.29) is 5.91 Å². The summed E-state index contributed by atoms with van der Waals surface area (Å²) in [6.45, 7) is 3.98. The van der Waals surface area contributed by atoms with Crippen molar-refractivity contribution in [3.8, 4) is 0 Å². The van der Waals surface area contributed by atoms with Crippen LogP contribution in [0, 0.1) is 0 Å². The zero-order valence-corrected chi connectivity index (χ0v) is 8.06. The van der Waals surface area contributed by atoms with Crippen LogP contribution in [0.25, 0.3) is 0 Å². The van der Waals surface area contributed by atoms with Gasteiger partial charge in [0.2, 0.25) is 0 Å². The molecule has 1 aliphatic rings. The van der Waals surface area contributed by atoms with Gasteiger partial charge in [-0.1, -0.05) is 36.5 Å². The summed E-state index contributed by atoms with van der Waals surface area (Å²) in [6.07, 6.45) is 0.901. The Hall–Kier alpha value is -0.350. The number of amides is 1. The summed E-state index contributed by atoms with van der Waals surface area (Å²) in [4.78, 5) is 11.9. The largest absolute Gasteiger partial charge is 0.307 e. The van der Waals surface area contributed by atoms with E-state index in [1.807, 2.05) is 13.8 Å². The van der Waals surface area contributed by atoms with Crippen LogP contribution in [0.4, 0.5) is 0 Å². The molecule has 1 fully saturated rings. The van der Waals surface area contributed by atoms with E-state index < -0.39 is 0 Å². The maximum absolute atomic E-state index is 11.1. The van der Waals surface area contributed by atoms with E-state index in [2.05, 4.69) is 5.32 Å². The second kappa shape index (κ2) is 3.36. The van der Waals surface area contributed by atoms with E-state index in [9.17, 15) is 4.79 Å². The molecule has 1 rings (SSSR count). The molecule has 4 heteroatoms. The summed E-state index contributed by atoms with van der Waals surface area (Å²) in [5.41, 5.74) is 1.10. The first kappa shape index (κ1) is 8.74. The Bertz CT molecular complexity index is 245. The van der Waals surface area contributed by atoms with Gasteiger partial charge in [-0.3, -0.25) is 4.79 Å². The number of hydrogen-bond acceptors (Lipinski definition) is 3. The molecule has 0 unspecified atom stereocenters. The molecule has 0 spiro atoms. The molecule has 1 N–H and O–H groups in total. The Labute approximate surface area is 75.4 Å². The van der Waals surface area contributed by atoms with Crippen molar-refractivity contribution >= 4 is 34.2 Å². The highest BCUT2D eigenvalue weighted by Gasteiger charge is 2.23. The van der Waals surface area contributed by atoms with E-state index in [1.54, 1.807) is 0 Å². The first-order valence-electron chi connectivity index (χ1n) is 3.38. The minimum atomic E-state index is -0.0423. The SMILES string of the molecule is CC/C(C)=C1/SC(=S)NC1=O. The van der Waals surface area contributed by atoms with Crippen LogP contribution in [-0.4, -0.2) is 10.2 Å². The Morgan fingerprint density at radius 3 is 2.73 bits per heavy atom. The molecule has 1 amide bonds. The van der Waals surface area contributed by atoms with Gasteiger partial charge in [-0.25, -0.2) is 0 Å². The van der Waals surface area contributed by atoms with Gasteiger partial charge in [-0.2, -0.15) is 0 Å². The molecule has 2 nitrogen and oxygen atoms in total. The van der Waals surface area contributed by atoms with Crippen LogP contribution in [-0.2, 0) is 4.79 Å². The second-order valence-corrected chi connectivity index (χ2v) is 3.99. The van der Waals surface area contributed by atoms with Crippen LogP contribution in [0.1, 0.15) is 20.3 Å². The standard InChI is InChI=1S/C7H9NOS2/c1-3-4(2)5-6(9)8-7(10)11-5/h3H2,1-2H3,(H,8,9,10)/b5-4+. The van der Waals surface area contributed by atoms with Crippen LogP contribution in [0.2, 0.25) is 0 Å². The van der Waals surface area contributed by atoms with Crippen LogP contribution >= 0.6 is 24.0 Å². The van der Waals surface area contributed by atoms with Crippen LogP contribution in [0.3, 0.4) is 0 Å². The average Bonchev–Trinajstić information content (AvgIpc) is 2.28. The zero-order chi connectivity index (χ0) is 8.43. The summed E-state index contributed by atoms with van der Waals surface area (Å²) in [5, 5.41) is 2.58. The van der Waals surface area contributed by atoms with Crippen molar-refractivity contribution < 1.29 is 4.79 Å². The number of nitrogens with one attached hydrogen (secondary N) is 1. The molecule has 0 saturated carbocycles. The van der Waals surface area contributed by atoms with E-state index in [0.717, 1.165) is 16.9 Å². The Kier molecular flexibility index (Phi) is 2.67. The van der Waals surface area contributed by atoms with Crippen molar-refractivity contribution in [2.75, 3.05) is 0 Å². The lowest BCUT2D eigenvalue weighted by Gasteiger charge is -1.96. The number of thiocarbonyl (C=S) groups is 1. The van der Waals surface area contributed by atoms with Gasteiger partial charge >= 0.3 is 0 Å². The smallest absolute Gasteiger partial charge is 0.263 e. The summed E-state index contributed by atoms with van der Waals surface area (Å²) < 4.78 is 0.567. The Balaban J connectivity index is 2.90. The molecule has 60 valence electrons. The maximum Gasteiger partial charge on any atom is 0.263 e. The van der Waals surface area contributed by atoms with Crippen LogP contribution in [0.5, 0.6) is 0 Å². The van der Waals surface area contributed by atoms with Gasteiger partial charge in [0.15, 0.2) is 0 Å². The topological polar surface area (TPSA) is 29.1 Å². The number of rotatable bonds is 1. The molecule has 1 saturated heterocycles. The zero-order valence-electron chi connectivity index (χ0n) is 6.43. The quantitative estimate of drug-likeness (QED) is 0.501. The third kappa shape index (κ3) is 1.81. The molecule has 0 aromatic carbocycles. The third-order valence-corrected chi connectivity index (χ3v) is 2.91. The predicted molar refractivity (Wildman–Crippen MR) is 51.3 cm³/mol. The summed E-state index contributed by atoms with van der Waals surface area (Å²) in [5.74, 6) is -0.0423. The monoisotopic (exact) mass is 187 g/mol. The number of carbonyl (C=O) groups excluding carboxylic acids is 1. The molecular weight excluding hydrogens is 178 g/mol. The molecule has 0 aromatic rings. The van der Waals surface area contributed by atoms with Crippen molar-refractivity contribution in [3.63, 3.8) is 0 Å². The molecule has 11 heavy (non-hydrogen) atoms. The lowest BCUT2D eigenvalue weighted by Crippen LogP contribution is -2.18. The van der Waals surface area contributed by atoms with Crippen molar-refractivity contribution in [1.29, 1.82) is 0 Å². The Morgan fingerprint density at radius 1 is 1.73 bits per heavy atom. The van der Waals surface area contributed by atoms with E-state index in [1.165, 1.54) is 11.8 Å². The fourth-order valence-electron chi connectivity index (χ4n) is 0.756. The van der Waals surface area contributed by atoms with Gasteiger partial charge in [0.1, 0.15) is 4.32 Å². The van der Waals surface area contributed by atoms with Gasteiger partial charge in [-0.05, 0) is 13.3 Å². The molecule has 0 aliphatic carbocycles. The van der Waals surface area contributed by atoms with Crippen LogP contribution < -0.4 is 5.32 Å². The lowest BCUT2D eigenvalue weighted by molar-refractivity contribution is -0.115. The average molecular weight is 187 g/mol. The van der Waals surface area contributed by atoms with E-state index in [0.29, 0.717) is 4.32 Å². The van der Waals surface area contributed by atoms with Gasteiger partial charge < -0.3 is 5.32 Å². The summed E-state index contributed by atoms with van der Waals surface area (Å²) >= 11 is 6.19. The van der Waals surface area contributed by atoms with Gasteiger partial charge in [0.25, 0.3) is 5.91 Å². The predicted octanol–water partition coefficient (Wildman–Crippen LogP) is 1.82. The van der Waals surface area contributed by atoms with E-state index >= 15 is 0 Å². The normalized spacial score (nSPS) is 22.0. The first-order chi connectivity index (χ1) is 5.15. The molecule has 0 radical (unpaired) electrons. The lowest BCUT2D eigenvalue weighted by atomic mass is 10.2. The molecule has 1 aliphatic heterocycles. The van der Waals surface area contributed by atoms with Crippen molar-refractivity contribution in [2.24, 2.45) is 0 Å². The molecule has 0 bridgehead atoms. The third-order valence-electron chi connectivity index (χ3n) is 1.53. The van der Waals surface area contributed by atoms with Gasteiger partial charge in [0, 0.05) is 0 Å². The fourth-order valence-corrected chi connectivity index (χ4v) is 1.89. The minimum absolute atomic E-state index is 0.0423. The van der Waals surface area contributed by atoms with Crippen molar-refractivity contribution in [3.05, 3.63) is 10.5 Å². The fraction of sp³-hybridized carbons (Fsp3) is 0.429.